The lowest BCUT2D eigenvalue weighted by Gasteiger charge is -2.32. The van der Waals surface area contributed by atoms with Crippen LogP contribution in [0.3, 0.4) is 0 Å². The summed E-state index contributed by atoms with van der Waals surface area (Å²) in [6.45, 7) is 10.4. The number of piperidine rings is 1. The Labute approximate surface area is 302 Å². The van der Waals surface area contributed by atoms with Crippen molar-refractivity contribution >= 4 is 47.8 Å². The number of nitrogen functional groups attached to an aromatic ring is 1. The Morgan fingerprint density at radius 3 is 2.55 bits per heavy atom. The van der Waals surface area contributed by atoms with Crippen LogP contribution in [0.5, 0.6) is 6.01 Å². The van der Waals surface area contributed by atoms with E-state index < -0.39 is 37.7 Å². The molecule has 2 unspecified atom stereocenters. The van der Waals surface area contributed by atoms with Gasteiger partial charge in [-0.15, -0.1) is 0 Å². The highest BCUT2D eigenvalue weighted by Crippen LogP contribution is 2.43. The third-order valence-electron chi connectivity index (χ3n) is 8.02. The number of anilines is 1. The number of nitrogens with zero attached hydrogens (tertiary/aromatic N) is 4. The van der Waals surface area contributed by atoms with Crippen LogP contribution in [0.25, 0.3) is 11.2 Å². The smallest absolute Gasteiger partial charge is 0.472 e. The first-order valence-electron chi connectivity index (χ1n) is 17.2. The van der Waals surface area contributed by atoms with Crippen LogP contribution in [-0.2, 0) is 39.2 Å². The van der Waals surface area contributed by atoms with Crippen molar-refractivity contribution in [2.75, 3.05) is 58.1 Å². The van der Waals surface area contributed by atoms with Crippen LogP contribution in [0.15, 0.2) is 17.1 Å². The van der Waals surface area contributed by atoms with Crippen LogP contribution in [0.1, 0.15) is 60.3 Å². The van der Waals surface area contributed by atoms with E-state index in [0.29, 0.717) is 43.1 Å². The maximum absolute atomic E-state index is 12.8. The number of methoxy groups -OCH3 is 1. The summed E-state index contributed by atoms with van der Waals surface area (Å²) >= 11 is 0.907. The minimum atomic E-state index is -4.53. The lowest BCUT2D eigenvalue weighted by molar-refractivity contribution is -0.150. The molecule has 1 saturated heterocycles. The van der Waals surface area contributed by atoms with Gasteiger partial charge in [0.2, 0.25) is 0 Å². The molecule has 0 radical (unpaired) electrons. The zero-order chi connectivity index (χ0) is 37.6. The molecule has 4 N–H and O–H groups in total. The second-order valence-corrected chi connectivity index (χ2v) is 15.3. The van der Waals surface area contributed by atoms with Crippen molar-refractivity contribution in [2.24, 2.45) is 17.8 Å². The molecule has 4 atom stereocenters. The van der Waals surface area contributed by atoms with Crippen LogP contribution >= 0.6 is 19.6 Å². The van der Waals surface area contributed by atoms with Gasteiger partial charge in [-0.2, -0.15) is 9.97 Å². The molecule has 0 bridgehead atoms. The number of ether oxygens (including phenoxy) is 4. The monoisotopic (exact) mass is 760 g/mol. The maximum atomic E-state index is 12.8. The number of fused-ring (bicyclic) bond motifs is 1. The zero-order valence-electron chi connectivity index (χ0n) is 30.3. The third-order valence-corrected chi connectivity index (χ3v) is 10.0. The topological polar surface area (TPSA) is 220 Å². The SMILES string of the molecule is CCC[C@H](C)Oc1nc(N)c2[nH]c(=O)n(CC3CCN(CCOP(=O)(O)OC[C@@H](COC(=O)C(C)C)OC(=O)SCC(C)/C=C\OC)CC3)c2n1. The van der Waals surface area contributed by atoms with Gasteiger partial charge in [0, 0.05) is 18.8 Å². The van der Waals surface area contributed by atoms with E-state index in [2.05, 4.69) is 26.8 Å². The van der Waals surface area contributed by atoms with Gasteiger partial charge in [-0.25, -0.2) is 14.2 Å². The fourth-order valence-corrected chi connectivity index (χ4v) is 6.60. The average Bonchev–Trinajstić information content (AvgIpc) is 3.39. The minimum absolute atomic E-state index is 0.0138. The van der Waals surface area contributed by atoms with E-state index in [1.807, 2.05) is 13.8 Å². The minimum Gasteiger partial charge on any atom is -0.505 e. The van der Waals surface area contributed by atoms with Gasteiger partial charge in [-0.1, -0.05) is 34.1 Å². The van der Waals surface area contributed by atoms with Crippen molar-refractivity contribution in [3.05, 3.63) is 22.8 Å². The lowest BCUT2D eigenvalue weighted by atomic mass is 9.97. The molecule has 17 nitrogen and oxygen atoms in total. The van der Waals surface area contributed by atoms with Gasteiger partial charge in [0.05, 0.1) is 38.6 Å². The number of aromatic nitrogens is 4. The normalized spacial score (nSPS) is 17.3. The summed E-state index contributed by atoms with van der Waals surface area (Å²) in [5.41, 5.74) is 6.57. The first-order chi connectivity index (χ1) is 24.2. The third kappa shape index (κ3) is 14.4. The highest BCUT2D eigenvalue weighted by Gasteiger charge is 2.28. The predicted molar refractivity (Wildman–Crippen MR) is 192 cm³/mol. The summed E-state index contributed by atoms with van der Waals surface area (Å²) < 4.78 is 45.8. The number of likely N-dealkylation sites (tertiary alicyclic amines) is 1. The fraction of sp³-hybridized carbons (Fsp3) is 0.719. The standard InChI is InChI=1S/C32H53N6O11PS/c1-7-8-23(5)48-30-35-27(33)26-28(36-30)38(31(40)34-26)17-24-9-12-37(13-10-24)14-16-46-50(42,43)47-19-25(18-45-29(39)21(2)3)49-32(41)51-20-22(4)11-15-44-6/h11,15,21-25H,7-10,12-14,16-20H2,1-6H3,(H,34,40)(H,42,43)(H2,33,35,36)/b15-11-/t22?,23-,25+/m0/s1. The Balaban J connectivity index is 1.47. The number of phosphoric acid groups is 1. The molecule has 51 heavy (non-hydrogen) atoms. The summed E-state index contributed by atoms with van der Waals surface area (Å²) in [6.07, 6.45) is 5.39. The van der Waals surface area contributed by atoms with Crippen molar-refractivity contribution in [3.8, 4) is 6.01 Å². The van der Waals surface area contributed by atoms with Gasteiger partial charge >= 0.3 is 30.8 Å². The number of aromatic amines is 1. The van der Waals surface area contributed by atoms with E-state index in [4.69, 9.17) is 33.7 Å². The van der Waals surface area contributed by atoms with E-state index in [1.165, 1.54) is 13.4 Å². The zero-order valence-corrected chi connectivity index (χ0v) is 32.0. The highest BCUT2D eigenvalue weighted by molar-refractivity contribution is 8.13. The number of allylic oxidation sites excluding steroid dienone is 1. The highest BCUT2D eigenvalue weighted by atomic mass is 32.2. The second kappa shape index (κ2) is 20.8. The number of carbonyl (C=O) groups excluding carboxylic acids is 2. The molecule has 2 aromatic rings. The van der Waals surface area contributed by atoms with Crippen LogP contribution in [0.2, 0.25) is 0 Å². The molecule has 3 rings (SSSR count). The van der Waals surface area contributed by atoms with E-state index in [0.717, 1.165) is 37.4 Å². The number of hydrogen-bond acceptors (Lipinski definition) is 15. The number of esters is 1. The van der Waals surface area contributed by atoms with Crippen molar-refractivity contribution in [3.63, 3.8) is 0 Å². The molecule has 0 spiro atoms. The summed E-state index contributed by atoms with van der Waals surface area (Å²) in [7, 11) is -3.01. The van der Waals surface area contributed by atoms with Crippen LogP contribution in [0, 0.1) is 17.8 Å². The molecule has 1 aliphatic heterocycles. The number of nitrogens with two attached hydrogens (primary N) is 1. The first kappa shape index (κ1) is 42.3. The van der Waals surface area contributed by atoms with E-state index in [9.17, 15) is 23.8 Å². The Bertz CT molecular complexity index is 1550. The quantitative estimate of drug-likeness (QED) is 0.0915. The summed E-state index contributed by atoms with van der Waals surface area (Å²) in [5.74, 6) is -0.190. The summed E-state index contributed by atoms with van der Waals surface area (Å²) in [5, 5.41) is -0.651. The molecule has 3 heterocycles. The summed E-state index contributed by atoms with van der Waals surface area (Å²) in [4.78, 5) is 61.1. The number of carbonyl (C=O) groups is 2. The lowest BCUT2D eigenvalue weighted by Crippen LogP contribution is -2.37. The Morgan fingerprint density at radius 1 is 1.16 bits per heavy atom. The Kier molecular flexibility index (Phi) is 17.2. The first-order valence-corrected chi connectivity index (χ1v) is 19.7. The van der Waals surface area contributed by atoms with Gasteiger partial charge in [-0.05, 0) is 68.9 Å². The summed E-state index contributed by atoms with van der Waals surface area (Å²) in [6, 6.07) is 0.135. The molecular weight excluding hydrogens is 707 g/mol. The largest absolute Gasteiger partial charge is 0.505 e. The second-order valence-electron chi connectivity index (χ2n) is 12.9. The predicted octanol–water partition coefficient (Wildman–Crippen LogP) is 4.35. The van der Waals surface area contributed by atoms with Crippen molar-refractivity contribution in [2.45, 2.75) is 79.1 Å². The van der Waals surface area contributed by atoms with Crippen LogP contribution in [0.4, 0.5) is 10.6 Å². The van der Waals surface area contributed by atoms with Gasteiger partial charge in [0.25, 0.3) is 0 Å². The van der Waals surface area contributed by atoms with E-state index >= 15 is 0 Å². The van der Waals surface area contributed by atoms with E-state index in [1.54, 1.807) is 24.5 Å². The number of hydrogen-bond donors (Lipinski definition) is 3. The average molecular weight is 761 g/mol. The Hall–Kier alpha value is -3.15. The molecule has 0 saturated carbocycles. The molecule has 0 aromatic carbocycles. The molecule has 1 fully saturated rings. The molecule has 2 aromatic heterocycles. The van der Waals surface area contributed by atoms with Gasteiger partial charge in [0.1, 0.15) is 12.1 Å². The van der Waals surface area contributed by atoms with E-state index in [-0.39, 0.29) is 48.7 Å². The number of H-pyrrole nitrogens is 1. The number of imidazole rings is 1. The Morgan fingerprint density at radius 2 is 1.88 bits per heavy atom. The molecule has 288 valence electrons. The number of nitrogens with one attached hydrogen (secondary N) is 1. The maximum Gasteiger partial charge on any atom is 0.472 e. The van der Waals surface area contributed by atoms with Gasteiger partial charge in [-0.3, -0.25) is 18.4 Å². The molecular formula is C32H53N6O11PS. The van der Waals surface area contributed by atoms with Crippen LogP contribution < -0.4 is 16.2 Å². The van der Waals surface area contributed by atoms with Gasteiger partial charge < -0.3 is 39.5 Å². The molecule has 0 amide bonds. The van der Waals surface area contributed by atoms with Crippen LogP contribution in [-0.4, -0.2) is 105 Å². The number of phosphoric ester groups is 1. The van der Waals surface area contributed by atoms with Gasteiger partial charge in [0.15, 0.2) is 17.6 Å². The number of rotatable bonds is 21. The van der Waals surface area contributed by atoms with Crippen molar-refractivity contribution in [1.29, 1.82) is 0 Å². The number of thioether (sulfide) groups is 1. The van der Waals surface area contributed by atoms with Crippen molar-refractivity contribution in [1.82, 2.24) is 24.4 Å². The molecule has 1 aliphatic rings. The fourth-order valence-electron chi connectivity index (χ4n) is 5.14. The van der Waals surface area contributed by atoms with Crippen molar-refractivity contribution < 1.29 is 47.0 Å². The molecule has 19 heteroatoms. The molecule has 0 aliphatic carbocycles.